The molecule has 2 aromatic carbocycles. The van der Waals surface area contributed by atoms with Crippen molar-refractivity contribution in [3.8, 4) is 0 Å². The van der Waals surface area contributed by atoms with Gasteiger partial charge in [-0.05, 0) is 30.5 Å². The molecule has 0 aromatic heterocycles. The fourth-order valence-corrected chi connectivity index (χ4v) is 3.65. The first kappa shape index (κ1) is 21.8. The summed E-state index contributed by atoms with van der Waals surface area (Å²) in [5, 5.41) is 10.7. The molecule has 0 aliphatic carbocycles. The third-order valence-electron chi connectivity index (χ3n) is 5.28. The summed E-state index contributed by atoms with van der Waals surface area (Å²) in [6.07, 6.45) is 0.415. The highest BCUT2D eigenvalue weighted by Crippen LogP contribution is 2.23. The summed E-state index contributed by atoms with van der Waals surface area (Å²) in [5.74, 6) is -0.835. The summed E-state index contributed by atoms with van der Waals surface area (Å²) in [4.78, 5) is 32.2. The summed E-state index contributed by atoms with van der Waals surface area (Å²) in [6, 6.07) is 18.2. The highest BCUT2D eigenvalue weighted by molar-refractivity contribution is 5.73. The number of benzene rings is 2. The second-order valence-electron chi connectivity index (χ2n) is 7.30. The Kier molecular flexibility index (Phi) is 7.82. The second kappa shape index (κ2) is 10.8. The molecule has 1 saturated heterocycles. The first-order chi connectivity index (χ1) is 14.6. The monoisotopic (exact) mass is 412 g/mol. The molecule has 2 aromatic rings. The molecule has 1 aliphatic rings. The van der Waals surface area contributed by atoms with Crippen molar-refractivity contribution >= 4 is 12.1 Å². The molecule has 7 heteroatoms. The van der Waals surface area contributed by atoms with Crippen molar-refractivity contribution in [3.63, 3.8) is 0 Å². The summed E-state index contributed by atoms with van der Waals surface area (Å²) >= 11 is 0. The summed E-state index contributed by atoms with van der Waals surface area (Å²) in [5.41, 5.74) is 1.82. The zero-order valence-electron chi connectivity index (χ0n) is 17.1. The minimum absolute atomic E-state index is 0.146. The van der Waals surface area contributed by atoms with Crippen LogP contribution in [0, 0.1) is 0 Å². The van der Waals surface area contributed by atoms with Gasteiger partial charge < -0.3 is 9.84 Å². The average molecular weight is 412 g/mol. The Hall–Kier alpha value is -2.90. The third-order valence-corrected chi connectivity index (χ3v) is 5.28. The zero-order valence-corrected chi connectivity index (χ0v) is 17.1. The Morgan fingerprint density at radius 1 is 1.00 bits per heavy atom. The Bertz CT molecular complexity index is 815. The number of aliphatic carboxylic acids is 1. The van der Waals surface area contributed by atoms with Crippen LogP contribution in [0.15, 0.2) is 60.7 Å². The highest BCUT2D eigenvalue weighted by Gasteiger charge is 2.37. The van der Waals surface area contributed by atoms with Crippen LogP contribution in [-0.2, 0) is 27.6 Å². The lowest BCUT2D eigenvalue weighted by Crippen LogP contribution is -2.55. The number of piperidine rings is 1. The zero-order chi connectivity index (χ0) is 21.3. The number of likely N-dealkylation sites (tertiary alicyclic amines) is 1. The van der Waals surface area contributed by atoms with Crippen LogP contribution in [0.2, 0.25) is 0 Å². The number of carbonyl (C=O) groups excluding carboxylic acids is 1. The lowest BCUT2D eigenvalue weighted by Gasteiger charge is -2.40. The van der Waals surface area contributed by atoms with E-state index in [-0.39, 0.29) is 19.3 Å². The van der Waals surface area contributed by atoms with Crippen LogP contribution in [0.25, 0.3) is 0 Å². The van der Waals surface area contributed by atoms with Gasteiger partial charge in [0.05, 0.1) is 6.04 Å². The molecular weight excluding hydrogens is 384 g/mol. The maximum absolute atomic E-state index is 12.9. The molecule has 2 atom stereocenters. The van der Waals surface area contributed by atoms with Crippen molar-refractivity contribution in [1.29, 1.82) is 0 Å². The van der Waals surface area contributed by atoms with Gasteiger partial charge in [-0.1, -0.05) is 67.6 Å². The Morgan fingerprint density at radius 2 is 1.60 bits per heavy atom. The number of carboxylic acids is 1. The lowest BCUT2D eigenvalue weighted by molar-refractivity contribution is -0.185. The molecule has 2 unspecified atom stereocenters. The lowest BCUT2D eigenvalue weighted by atomic mass is 9.98. The smallest absolute Gasteiger partial charge is 0.434 e. The second-order valence-corrected chi connectivity index (χ2v) is 7.30. The van der Waals surface area contributed by atoms with Gasteiger partial charge in [-0.3, -0.25) is 14.5 Å². The molecule has 0 spiro atoms. The van der Waals surface area contributed by atoms with E-state index in [0.717, 1.165) is 11.1 Å². The molecule has 160 valence electrons. The van der Waals surface area contributed by atoms with Gasteiger partial charge in [-0.15, -0.1) is 0 Å². The summed E-state index contributed by atoms with van der Waals surface area (Å²) in [7, 11) is 0. The number of likely N-dealkylation sites (N-methyl/N-ethyl adjacent to an activating group) is 1. The van der Waals surface area contributed by atoms with Crippen molar-refractivity contribution in [2.45, 2.75) is 45.1 Å². The van der Waals surface area contributed by atoms with Gasteiger partial charge >= 0.3 is 12.1 Å². The standard InChI is InChI=1S/C23H28N2O5/c1-2-24-15-20(13-14-21(24)22(26)27)25(30-17-19-11-7-4-8-12-19)23(28)29-16-18-9-5-3-6-10-18/h3-12,20-21H,2,13-17H2,1H3,(H,26,27). The fraction of sp³-hybridized carbons (Fsp3) is 0.391. The first-order valence-corrected chi connectivity index (χ1v) is 10.2. The molecular formula is C23H28N2O5. The van der Waals surface area contributed by atoms with E-state index in [0.29, 0.717) is 25.9 Å². The van der Waals surface area contributed by atoms with Gasteiger partial charge in [0.25, 0.3) is 0 Å². The first-order valence-electron chi connectivity index (χ1n) is 10.2. The number of nitrogens with zero attached hydrogens (tertiary/aromatic N) is 2. The third kappa shape index (κ3) is 5.81. The maximum atomic E-state index is 12.9. The molecule has 1 heterocycles. The molecule has 1 fully saturated rings. The largest absolute Gasteiger partial charge is 0.480 e. The van der Waals surface area contributed by atoms with E-state index in [9.17, 15) is 14.7 Å². The number of carbonyl (C=O) groups is 2. The number of hydrogen-bond acceptors (Lipinski definition) is 5. The number of rotatable bonds is 8. The van der Waals surface area contributed by atoms with Crippen molar-refractivity contribution < 1.29 is 24.3 Å². The molecule has 7 nitrogen and oxygen atoms in total. The average Bonchev–Trinajstić information content (AvgIpc) is 2.79. The van der Waals surface area contributed by atoms with Crippen molar-refractivity contribution in [2.24, 2.45) is 0 Å². The molecule has 1 amide bonds. The van der Waals surface area contributed by atoms with Gasteiger partial charge in [-0.25, -0.2) is 4.79 Å². The van der Waals surface area contributed by atoms with E-state index in [4.69, 9.17) is 9.57 Å². The Balaban J connectivity index is 1.69. The van der Waals surface area contributed by atoms with Crippen LogP contribution >= 0.6 is 0 Å². The summed E-state index contributed by atoms with van der Waals surface area (Å²) in [6.45, 7) is 3.29. The van der Waals surface area contributed by atoms with Gasteiger partial charge in [0, 0.05) is 6.54 Å². The van der Waals surface area contributed by atoms with Gasteiger partial charge in [0.15, 0.2) is 0 Å². The predicted molar refractivity (Wildman–Crippen MR) is 111 cm³/mol. The van der Waals surface area contributed by atoms with Crippen molar-refractivity contribution in [1.82, 2.24) is 9.96 Å². The Morgan fingerprint density at radius 3 is 2.17 bits per heavy atom. The molecule has 0 radical (unpaired) electrons. The maximum Gasteiger partial charge on any atom is 0.434 e. The number of hydrogen-bond donors (Lipinski definition) is 1. The minimum atomic E-state index is -0.835. The van der Waals surface area contributed by atoms with Crippen LogP contribution in [-0.4, -0.2) is 52.3 Å². The number of carboxylic acid groups (broad SMARTS) is 1. The summed E-state index contributed by atoms with van der Waals surface area (Å²) < 4.78 is 5.50. The van der Waals surface area contributed by atoms with E-state index < -0.39 is 18.1 Å². The van der Waals surface area contributed by atoms with E-state index in [2.05, 4.69) is 0 Å². The van der Waals surface area contributed by atoms with E-state index >= 15 is 0 Å². The quantitative estimate of drug-likeness (QED) is 0.666. The molecule has 0 saturated carbocycles. The van der Waals surface area contributed by atoms with Gasteiger partial charge in [-0.2, -0.15) is 5.06 Å². The molecule has 30 heavy (non-hydrogen) atoms. The highest BCUT2D eigenvalue weighted by atomic mass is 16.7. The van der Waals surface area contributed by atoms with E-state index in [1.54, 1.807) is 0 Å². The van der Waals surface area contributed by atoms with Crippen molar-refractivity contribution in [3.05, 3.63) is 71.8 Å². The van der Waals surface area contributed by atoms with Crippen LogP contribution in [0.5, 0.6) is 0 Å². The van der Waals surface area contributed by atoms with Crippen LogP contribution in [0.4, 0.5) is 4.79 Å². The number of ether oxygens (including phenoxy) is 1. The SMILES string of the molecule is CCN1CC(N(OCc2ccccc2)C(=O)OCc2ccccc2)CCC1C(=O)O. The van der Waals surface area contributed by atoms with Crippen LogP contribution in [0.1, 0.15) is 30.9 Å². The van der Waals surface area contributed by atoms with Gasteiger partial charge in [0.2, 0.25) is 0 Å². The molecule has 1 aliphatic heterocycles. The van der Waals surface area contributed by atoms with Crippen LogP contribution in [0.3, 0.4) is 0 Å². The fourth-order valence-electron chi connectivity index (χ4n) is 3.65. The minimum Gasteiger partial charge on any atom is -0.480 e. The predicted octanol–water partition coefficient (Wildman–Crippen LogP) is 3.69. The molecule has 0 bridgehead atoms. The van der Waals surface area contributed by atoms with E-state index in [1.807, 2.05) is 72.5 Å². The molecule has 3 rings (SSSR count). The van der Waals surface area contributed by atoms with Crippen molar-refractivity contribution in [2.75, 3.05) is 13.1 Å². The number of amides is 1. The van der Waals surface area contributed by atoms with Gasteiger partial charge in [0.1, 0.15) is 19.3 Å². The topological polar surface area (TPSA) is 79.3 Å². The number of hydroxylamine groups is 2. The van der Waals surface area contributed by atoms with E-state index in [1.165, 1.54) is 5.06 Å². The normalized spacial score (nSPS) is 19.2. The van der Waals surface area contributed by atoms with Crippen LogP contribution < -0.4 is 0 Å². The Labute approximate surface area is 176 Å². The molecule has 1 N–H and O–H groups in total.